The molecule has 0 unspecified atom stereocenters. The zero-order valence-corrected chi connectivity index (χ0v) is 13.8. The van der Waals surface area contributed by atoms with Gasteiger partial charge in [0.15, 0.2) is 5.13 Å². The van der Waals surface area contributed by atoms with Crippen LogP contribution in [0, 0.1) is 0 Å². The normalized spacial score (nSPS) is 11.0. The number of thiazole rings is 1. The highest BCUT2D eigenvalue weighted by Crippen LogP contribution is 2.24. The number of nitrogen functional groups attached to an aromatic ring is 1. The zero-order valence-electron chi connectivity index (χ0n) is 13.0. The van der Waals surface area contributed by atoms with Crippen LogP contribution in [0.4, 0.5) is 5.13 Å². The molecule has 0 aliphatic rings. The molecule has 7 heteroatoms. The van der Waals surface area contributed by atoms with Crippen molar-refractivity contribution in [3.05, 3.63) is 53.6 Å². The molecule has 0 saturated carbocycles. The Morgan fingerprint density at radius 3 is 2.88 bits per heavy atom. The second-order valence-electron chi connectivity index (χ2n) is 5.10. The van der Waals surface area contributed by atoms with Crippen LogP contribution in [0.25, 0.3) is 10.2 Å². The van der Waals surface area contributed by atoms with Crippen molar-refractivity contribution < 1.29 is 9.53 Å². The molecule has 2 aromatic carbocycles. The van der Waals surface area contributed by atoms with E-state index in [1.54, 1.807) is 13.3 Å². The number of hydrogen-bond acceptors (Lipinski definition) is 6. The minimum absolute atomic E-state index is 0.184. The number of nitrogens with two attached hydrogens (primary N) is 1. The summed E-state index contributed by atoms with van der Waals surface area (Å²) >= 11 is 1.41. The quantitative estimate of drug-likeness (QED) is 0.552. The fourth-order valence-electron chi connectivity index (χ4n) is 2.19. The van der Waals surface area contributed by atoms with Crippen LogP contribution in [0.15, 0.2) is 47.6 Å². The Hall–Kier alpha value is -2.93. The number of hydrazone groups is 1. The number of ether oxygens (including phenoxy) is 1. The molecule has 3 aromatic rings. The minimum atomic E-state index is -0.184. The standard InChI is InChI=1S/C17H16N4O2S/c1-23-13-5-2-11(3-6-13)10-19-21-16(22)9-12-4-7-14-15(8-12)24-17(18)20-14/h2-8,10H,9H2,1H3,(H2,18,20)(H,21,22)/b19-10-. The highest BCUT2D eigenvalue weighted by Gasteiger charge is 2.06. The third kappa shape index (κ3) is 3.88. The number of carbonyl (C=O) groups excluding carboxylic acids is 1. The summed E-state index contributed by atoms with van der Waals surface area (Å²) in [5.74, 6) is 0.590. The van der Waals surface area contributed by atoms with Crippen LogP contribution in [0.1, 0.15) is 11.1 Å². The molecule has 0 radical (unpaired) electrons. The molecule has 0 bridgehead atoms. The highest BCUT2D eigenvalue weighted by atomic mass is 32.1. The van der Waals surface area contributed by atoms with Crippen LogP contribution < -0.4 is 15.9 Å². The molecular formula is C17H16N4O2S. The molecule has 3 N–H and O–H groups in total. The van der Waals surface area contributed by atoms with Gasteiger partial charge in [-0.1, -0.05) is 17.4 Å². The van der Waals surface area contributed by atoms with E-state index in [4.69, 9.17) is 10.5 Å². The Morgan fingerprint density at radius 2 is 2.12 bits per heavy atom. The number of rotatable bonds is 5. The van der Waals surface area contributed by atoms with Crippen molar-refractivity contribution in [3.63, 3.8) is 0 Å². The zero-order chi connectivity index (χ0) is 16.9. The van der Waals surface area contributed by atoms with Crippen LogP contribution >= 0.6 is 11.3 Å². The van der Waals surface area contributed by atoms with Gasteiger partial charge in [0.2, 0.25) is 5.91 Å². The molecule has 6 nitrogen and oxygen atoms in total. The molecule has 0 aliphatic heterocycles. The maximum Gasteiger partial charge on any atom is 0.244 e. The van der Waals surface area contributed by atoms with Gasteiger partial charge in [-0.05, 0) is 47.5 Å². The second-order valence-corrected chi connectivity index (χ2v) is 6.16. The summed E-state index contributed by atoms with van der Waals surface area (Å²) in [7, 11) is 1.61. The SMILES string of the molecule is COc1ccc(/C=N\NC(=O)Cc2ccc3nc(N)sc3c2)cc1. The lowest BCUT2D eigenvalue weighted by molar-refractivity contribution is -0.120. The van der Waals surface area contributed by atoms with Gasteiger partial charge in [0, 0.05) is 0 Å². The topological polar surface area (TPSA) is 89.6 Å². The number of amides is 1. The summed E-state index contributed by atoms with van der Waals surface area (Å²) in [5, 5.41) is 4.49. The van der Waals surface area contributed by atoms with Gasteiger partial charge >= 0.3 is 0 Å². The average molecular weight is 340 g/mol. The summed E-state index contributed by atoms with van der Waals surface area (Å²) in [6.45, 7) is 0. The van der Waals surface area contributed by atoms with Gasteiger partial charge in [-0.25, -0.2) is 10.4 Å². The van der Waals surface area contributed by atoms with E-state index in [2.05, 4.69) is 15.5 Å². The smallest absolute Gasteiger partial charge is 0.244 e. The molecule has 0 saturated heterocycles. The molecule has 3 rings (SSSR count). The minimum Gasteiger partial charge on any atom is -0.497 e. The van der Waals surface area contributed by atoms with Crippen LogP contribution in [-0.4, -0.2) is 24.2 Å². The average Bonchev–Trinajstić information content (AvgIpc) is 2.95. The molecule has 122 valence electrons. The van der Waals surface area contributed by atoms with Gasteiger partial charge < -0.3 is 10.5 Å². The molecule has 1 aromatic heterocycles. The maximum atomic E-state index is 12.0. The lowest BCUT2D eigenvalue weighted by Gasteiger charge is -2.01. The number of hydrogen-bond donors (Lipinski definition) is 2. The summed E-state index contributed by atoms with van der Waals surface area (Å²) < 4.78 is 6.06. The van der Waals surface area contributed by atoms with Crippen LogP contribution in [0.2, 0.25) is 0 Å². The predicted molar refractivity (Wildman–Crippen MR) is 96.5 cm³/mol. The van der Waals surface area contributed by atoms with E-state index in [-0.39, 0.29) is 12.3 Å². The van der Waals surface area contributed by atoms with Crippen LogP contribution in [-0.2, 0) is 11.2 Å². The van der Waals surface area contributed by atoms with Crippen LogP contribution in [0.3, 0.4) is 0 Å². The fourth-order valence-corrected chi connectivity index (χ4v) is 2.99. The number of anilines is 1. The van der Waals surface area contributed by atoms with Crippen molar-refractivity contribution in [3.8, 4) is 5.75 Å². The monoisotopic (exact) mass is 340 g/mol. The third-order valence-corrected chi connectivity index (χ3v) is 4.20. The van der Waals surface area contributed by atoms with Crippen molar-refractivity contribution in [1.29, 1.82) is 0 Å². The van der Waals surface area contributed by atoms with E-state index in [9.17, 15) is 4.79 Å². The first-order chi connectivity index (χ1) is 11.6. The lowest BCUT2D eigenvalue weighted by atomic mass is 10.1. The van der Waals surface area contributed by atoms with Crippen molar-refractivity contribution in [2.45, 2.75) is 6.42 Å². The summed E-state index contributed by atoms with van der Waals surface area (Å²) in [6.07, 6.45) is 1.83. The molecule has 1 amide bonds. The van der Waals surface area contributed by atoms with E-state index in [0.717, 1.165) is 27.1 Å². The molecule has 0 spiro atoms. The number of nitrogens with one attached hydrogen (secondary N) is 1. The van der Waals surface area contributed by atoms with Gasteiger partial charge in [0.25, 0.3) is 0 Å². The lowest BCUT2D eigenvalue weighted by Crippen LogP contribution is -2.19. The Kier molecular flexibility index (Phi) is 4.72. The molecule has 0 aliphatic carbocycles. The number of carbonyl (C=O) groups is 1. The predicted octanol–water partition coefficient (Wildman–Crippen LogP) is 2.58. The number of nitrogens with zero attached hydrogens (tertiary/aromatic N) is 2. The maximum absolute atomic E-state index is 12.0. The fraction of sp³-hybridized carbons (Fsp3) is 0.118. The van der Waals surface area contributed by atoms with Gasteiger partial charge in [0.05, 0.1) is 30.0 Å². The van der Waals surface area contributed by atoms with E-state index in [1.807, 2.05) is 42.5 Å². The second kappa shape index (κ2) is 7.10. The van der Waals surface area contributed by atoms with Crippen molar-refractivity contribution >= 4 is 38.8 Å². The van der Waals surface area contributed by atoms with Crippen molar-refractivity contribution in [2.24, 2.45) is 5.10 Å². The van der Waals surface area contributed by atoms with Gasteiger partial charge in [-0.2, -0.15) is 5.10 Å². The van der Waals surface area contributed by atoms with Gasteiger partial charge in [0.1, 0.15) is 5.75 Å². The first-order valence-corrected chi connectivity index (χ1v) is 8.06. The Bertz CT molecular complexity index is 887. The Balaban J connectivity index is 1.58. The third-order valence-electron chi connectivity index (χ3n) is 3.35. The summed E-state index contributed by atoms with van der Waals surface area (Å²) in [5.41, 5.74) is 10.8. The van der Waals surface area contributed by atoms with Crippen molar-refractivity contribution in [1.82, 2.24) is 10.4 Å². The highest BCUT2D eigenvalue weighted by molar-refractivity contribution is 7.22. The van der Waals surface area contributed by atoms with Crippen LogP contribution in [0.5, 0.6) is 5.75 Å². The Labute approximate surface area is 143 Å². The summed E-state index contributed by atoms with van der Waals surface area (Å²) in [4.78, 5) is 16.2. The number of benzene rings is 2. The molecule has 0 fully saturated rings. The van der Waals surface area contributed by atoms with E-state index in [1.165, 1.54) is 11.3 Å². The van der Waals surface area contributed by atoms with Gasteiger partial charge in [-0.15, -0.1) is 0 Å². The first kappa shape index (κ1) is 15.9. The number of fused-ring (bicyclic) bond motifs is 1. The molecular weight excluding hydrogens is 324 g/mol. The van der Waals surface area contributed by atoms with E-state index >= 15 is 0 Å². The van der Waals surface area contributed by atoms with Crippen molar-refractivity contribution in [2.75, 3.05) is 12.8 Å². The van der Waals surface area contributed by atoms with E-state index in [0.29, 0.717) is 5.13 Å². The largest absolute Gasteiger partial charge is 0.497 e. The summed E-state index contributed by atoms with van der Waals surface area (Å²) in [6, 6.07) is 13.0. The van der Waals surface area contributed by atoms with E-state index < -0.39 is 0 Å². The Morgan fingerprint density at radius 1 is 1.33 bits per heavy atom. The molecule has 24 heavy (non-hydrogen) atoms. The number of methoxy groups -OCH3 is 1. The molecule has 0 atom stereocenters. The molecule has 1 heterocycles. The van der Waals surface area contributed by atoms with Gasteiger partial charge in [-0.3, -0.25) is 4.79 Å². The number of aromatic nitrogens is 1. The first-order valence-electron chi connectivity index (χ1n) is 7.25.